The molecular weight excluding hydrogens is 254 g/mol. The van der Waals surface area contributed by atoms with Gasteiger partial charge in [0, 0.05) is 42.0 Å². The molecule has 3 heterocycles. The number of carbonyl (C=O) groups is 1. The van der Waals surface area contributed by atoms with E-state index >= 15 is 0 Å². The third-order valence-corrected chi connectivity index (χ3v) is 2.92. The van der Waals surface area contributed by atoms with Crippen molar-refractivity contribution in [3.63, 3.8) is 0 Å². The van der Waals surface area contributed by atoms with Crippen molar-refractivity contribution in [2.45, 2.75) is 13.8 Å². The maximum absolute atomic E-state index is 11.0. The zero-order chi connectivity index (χ0) is 14.1. The highest BCUT2D eigenvalue weighted by Crippen LogP contribution is 2.26. The van der Waals surface area contributed by atoms with Crippen molar-refractivity contribution in [3.8, 4) is 11.3 Å². The number of aromatic nitrogens is 4. The summed E-state index contributed by atoms with van der Waals surface area (Å²) in [6.45, 7) is 3.38. The van der Waals surface area contributed by atoms with Crippen molar-refractivity contribution in [2.24, 2.45) is 0 Å². The Kier molecular flexibility index (Phi) is 2.90. The zero-order valence-corrected chi connectivity index (χ0v) is 11.1. The minimum atomic E-state index is -0.152. The number of nitrogens with one attached hydrogen (secondary N) is 2. The molecule has 0 aliphatic heterocycles. The van der Waals surface area contributed by atoms with Gasteiger partial charge in [0.1, 0.15) is 11.5 Å². The lowest BCUT2D eigenvalue weighted by molar-refractivity contribution is -0.114. The van der Waals surface area contributed by atoms with Crippen LogP contribution >= 0.6 is 0 Å². The molecule has 0 spiro atoms. The maximum Gasteiger partial charge on any atom is 0.222 e. The van der Waals surface area contributed by atoms with Crippen LogP contribution in [0.2, 0.25) is 0 Å². The highest BCUT2D eigenvalue weighted by Gasteiger charge is 2.10. The van der Waals surface area contributed by atoms with Crippen molar-refractivity contribution in [1.82, 2.24) is 20.2 Å². The van der Waals surface area contributed by atoms with Gasteiger partial charge in [-0.1, -0.05) is 0 Å². The van der Waals surface area contributed by atoms with Crippen LogP contribution < -0.4 is 5.32 Å². The number of hydrogen-bond donors (Lipinski definition) is 2. The van der Waals surface area contributed by atoms with Gasteiger partial charge in [0.15, 0.2) is 0 Å². The second-order valence-corrected chi connectivity index (χ2v) is 4.55. The Labute approximate surface area is 115 Å². The van der Waals surface area contributed by atoms with Gasteiger partial charge < -0.3 is 5.32 Å². The quantitative estimate of drug-likeness (QED) is 0.746. The van der Waals surface area contributed by atoms with Gasteiger partial charge in [-0.25, -0.2) is 4.98 Å². The third-order valence-electron chi connectivity index (χ3n) is 2.92. The lowest BCUT2D eigenvalue weighted by atomic mass is 10.1. The molecule has 0 atom stereocenters. The molecule has 20 heavy (non-hydrogen) atoms. The Hall–Kier alpha value is -2.76. The fourth-order valence-electron chi connectivity index (χ4n) is 2.07. The first-order chi connectivity index (χ1) is 9.63. The molecule has 2 N–H and O–H groups in total. The number of amides is 1. The summed E-state index contributed by atoms with van der Waals surface area (Å²) in [5.41, 5.74) is 3.57. The van der Waals surface area contributed by atoms with E-state index in [9.17, 15) is 4.79 Å². The molecule has 3 aromatic rings. The molecule has 0 fully saturated rings. The highest BCUT2D eigenvalue weighted by atomic mass is 16.1. The van der Waals surface area contributed by atoms with Crippen LogP contribution in [0.25, 0.3) is 22.2 Å². The van der Waals surface area contributed by atoms with E-state index in [1.807, 2.05) is 19.1 Å². The molecule has 3 aromatic heterocycles. The molecule has 0 aliphatic carbocycles. The molecule has 100 valence electrons. The first kappa shape index (κ1) is 12.3. The second kappa shape index (κ2) is 4.73. The summed E-state index contributed by atoms with van der Waals surface area (Å²) in [6.07, 6.45) is 3.46. The van der Waals surface area contributed by atoms with Crippen molar-refractivity contribution in [2.75, 3.05) is 5.32 Å². The Bertz CT molecular complexity index is 793. The molecule has 0 unspecified atom stereocenters. The van der Waals surface area contributed by atoms with E-state index < -0.39 is 0 Å². The van der Waals surface area contributed by atoms with Gasteiger partial charge in [0.25, 0.3) is 0 Å². The lowest BCUT2D eigenvalue weighted by Gasteiger charge is -2.01. The molecule has 6 heteroatoms. The van der Waals surface area contributed by atoms with E-state index in [1.165, 1.54) is 6.92 Å². The van der Waals surface area contributed by atoms with E-state index in [0.29, 0.717) is 5.82 Å². The Morgan fingerprint density at radius 3 is 2.90 bits per heavy atom. The first-order valence-corrected chi connectivity index (χ1v) is 6.18. The predicted octanol–water partition coefficient (Wildman–Crippen LogP) is 2.29. The SMILES string of the molecule is CC(=O)Nc1cc2[nH]nc(-c3ccnc(C)c3)c2cn1. The summed E-state index contributed by atoms with van der Waals surface area (Å²) in [6, 6.07) is 5.64. The average molecular weight is 267 g/mol. The highest BCUT2D eigenvalue weighted by molar-refractivity contribution is 5.95. The van der Waals surface area contributed by atoms with Gasteiger partial charge in [-0.15, -0.1) is 0 Å². The summed E-state index contributed by atoms with van der Waals surface area (Å²) in [7, 11) is 0. The van der Waals surface area contributed by atoms with Crippen LogP contribution in [0.5, 0.6) is 0 Å². The van der Waals surface area contributed by atoms with E-state index in [4.69, 9.17) is 0 Å². The van der Waals surface area contributed by atoms with Crippen molar-refractivity contribution >= 4 is 22.6 Å². The van der Waals surface area contributed by atoms with Crippen LogP contribution in [0, 0.1) is 6.92 Å². The summed E-state index contributed by atoms with van der Waals surface area (Å²) in [5, 5.41) is 10.8. The first-order valence-electron chi connectivity index (χ1n) is 6.18. The standard InChI is InChI=1S/C14H13N5O/c1-8-5-10(3-4-15-8)14-11-7-16-13(17-9(2)20)6-12(11)18-19-14/h3-7H,1-2H3,(H,18,19)(H,16,17,20). The molecule has 1 amide bonds. The van der Waals surface area contributed by atoms with Crippen LogP contribution in [0.4, 0.5) is 5.82 Å². The topological polar surface area (TPSA) is 83.6 Å². The second-order valence-electron chi connectivity index (χ2n) is 4.55. The van der Waals surface area contributed by atoms with Crippen molar-refractivity contribution < 1.29 is 4.79 Å². The molecule has 0 saturated heterocycles. The van der Waals surface area contributed by atoms with Crippen LogP contribution in [0.3, 0.4) is 0 Å². The third kappa shape index (κ3) is 2.23. The monoisotopic (exact) mass is 267 g/mol. The van der Waals surface area contributed by atoms with Gasteiger partial charge in [0.2, 0.25) is 5.91 Å². The van der Waals surface area contributed by atoms with Crippen LogP contribution in [0.15, 0.2) is 30.6 Å². The number of H-pyrrole nitrogens is 1. The summed E-state index contributed by atoms with van der Waals surface area (Å²) in [4.78, 5) is 19.4. The van der Waals surface area contributed by atoms with Crippen LogP contribution in [-0.4, -0.2) is 26.1 Å². The van der Waals surface area contributed by atoms with E-state index in [2.05, 4.69) is 25.5 Å². The molecule has 6 nitrogen and oxygen atoms in total. The van der Waals surface area contributed by atoms with Crippen LogP contribution in [-0.2, 0) is 4.79 Å². The molecular formula is C14H13N5O. The van der Waals surface area contributed by atoms with E-state index in [0.717, 1.165) is 27.9 Å². The number of aryl methyl sites for hydroxylation is 1. The molecule has 0 bridgehead atoms. The number of carbonyl (C=O) groups excluding carboxylic acids is 1. The number of fused-ring (bicyclic) bond motifs is 1. The van der Waals surface area contributed by atoms with Crippen molar-refractivity contribution in [3.05, 3.63) is 36.3 Å². The van der Waals surface area contributed by atoms with Gasteiger partial charge in [0.05, 0.1) is 5.52 Å². The number of pyridine rings is 2. The molecule has 0 aliphatic rings. The Morgan fingerprint density at radius 1 is 1.30 bits per heavy atom. The number of aromatic amines is 1. The fraction of sp³-hybridized carbons (Fsp3) is 0.143. The number of anilines is 1. The van der Waals surface area contributed by atoms with Crippen molar-refractivity contribution in [1.29, 1.82) is 0 Å². The van der Waals surface area contributed by atoms with E-state index in [-0.39, 0.29) is 5.91 Å². The summed E-state index contributed by atoms with van der Waals surface area (Å²) < 4.78 is 0. The fourth-order valence-corrected chi connectivity index (χ4v) is 2.07. The van der Waals surface area contributed by atoms with Gasteiger partial charge in [-0.2, -0.15) is 5.10 Å². The van der Waals surface area contributed by atoms with Crippen LogP contribution in [0.1, 0.15) is 12.6 Å². The number of hydrogen-bond acceptors (Lipinski definition) is 4. The smallest absolute Gasteiger partial charge is 0.222 e. The predicted molar refractivity (Wildman–Crippen MR) is 76.2 cm³/mol. The van der Waals surface area contributed by atoms with Gasteiger partial charge >= 0.3 is 0 Å². The largest absolute Gasteiger partial charge is 0.311 e. The van der Waals surface area contributed by atoms with Gasteiger partial charge in [-0.05, 0) is 19.1 Å². The minimum absolute atomic E-state index is 0.152. The minimum Gasteiger partial charge on any atom is -0.311 e. The van der Waals surface area contributed by atoms with Gasteiger partial charge in [-0.3, -0.25) is 14.9 Å². The molecule has 0 radical (unpaired) electrons. The Morgan fingerprint density at radius 2 is 2.15 bits per heavy atom. The maximum atomic E-state index is 11.0. The Balaban J connectivity index is 2.08. The summed E-state index contributed by atoms with van der Waals surface area (Å²) >= 11 is 0. The summed E-state index contributed by atoms with van der Waals surface area (Å²) in [5.74, 6) is 0.354. The molecule has 0 aromatic carbocycles. The average Bonchev–Trinajstić information content (AvgIpc) is 2.81. The normalized spacial score (nSPS) is 10.7. The number of nitrogens with zero attached hydrogens (tertiary/aromatic N) is 3. The van der Waals surface area contributed by atoms with E-state index in [1.54, 1.807) is 18.5 Å². The lowest BCUT2D eigenvalue weighted by Crippen LogP contribution is -2.06. The zero-order valence-electron chi connectivity index (χ0n) is 11.1. The molecule has 3 rings (SSSR count). The number of rotatable bonds is 2. The molecule has 0 saturated carbocycles.